The molecule has 0 spiro atoms. The minimum atomic E-state index is -3.33. The number of nitrogens with zero attached hydrogens (tertiary/aromatic N) is 1. The van der Waals surface area contributed by atoms with Gasteiger partial charge in [0, 0.05) is 30.0 Å². The Labute approximate surface area is 173 Å². The van der Waals surface area contributed by atoms with Crippen molar-refractivity contribution in [2.45, 2.75) is 32.7 Å². The van der Waals surface area contributed by atoms with Crippen LogP contribution in [0.25, 0.3) is 0 Å². The lowest BCUT2D eigenvalue weighted by atomic mass is 9.98. The molecular formula is C22H29N3O3S. The molecule has 0 saturated carbocycles. The van der Waals surface area contributed by atoms with Gasteiger partial charge in [-0.05, 0) is 67.6 Å². The van der Waals surface area contributed by atoms with Gasteiger partial charge >= 0.3 is 0 Å². The molecule has 0 radical (unpaired) electrons. The summed E-state index contributed by atoms with van der Waals surface area (Å²) in [6.45, 7) is 6.45. The highest BCUT2D eigenvalue weighted by atomic mass is 32.2. The molecular weight excluding hydrogens is 386 g/mol. The molecule has 156 valence electrons. The summed E-state index contributed by atoms with van der Waals surface area (Å²) in [5.41, 5.74) is 3.19. The van der Waals surface area contributed by atoms with E-state index in [0.717, 1.165) is 30.8 Å². The predicted octanol–water partition coefficient (Wildman–Crippen LogP) is 3.79. The van der Waals surface area contributed by atoms with E-state index in [9.17, 15) is 13.2 Å². The van der Waals surface area contributed by atoms with Crippen LogP contribution in [-0.4, -0.2) is 33.7 Å². The van der Waals surface area contributed by atoms with Crippen molar-refractivity contribution in [2.24, 2.45) is 5.92 Å². The van der Waals surface area contributed by atoms with Crippen molar-refractivity contribution in [1.82, 2.24) is 5.32 Å². The molecule has 0 bridgehead atoms. The van der Waals surface area contributed by atoms with E-state index >= 15 is 0 Å². The Morgan fingerprint density at radius 1 is 1.03 bits per heavy atom. The van der Waals surface area contributed by atoms with E-state index in [1.54, 1.807) is 24.3 Å². The van der Waals surface area contributed by atoms with Gasteiger partial charge in [-0.1, -0.05) is 19.1 Å². The zero-order chi connectivity index (χ0) is 21.0. The SMILES string of the molecule is CC1CCN(c2ccc([C@H](C)NC(=O)c3ccc(NS(C)(=O)=O)cc3)cc2)CC1. The molecule has 1 heterocycles. The summed E-state index contributed by atoms with van der Waals surface area (Å²) in [7, 11) is -3.33. The van der Waals surface area contributed by atoms with Crippen molar-refractivity contribution in [2.75, 3.05) is 29.0 Å². The Kier molecular flexibility index (Phi) is 6.47. The van der Waals surface area contributed by atoms with Gasteiger partial charge in [-0.2, -0.15) is 0 Å². The summed E-state index contributed by atoms with van der Waals surface area (Å²) >= 11 is 0. The van der Waals surface area contributed by atoms with E-state index in [0.29, 0.717) is 11.3 Å². The number of rotatable bonds is 6. The second kappa shape index (κ2) is 8.86. The molecule has 1 saturated heterocycles. The average Bonchev–Trinajstić information content (AvgIpc) is 2.68. The lowest BCUT2D eigenvalue weighted by Crippen LogP contribution is -2.32. The Hall–Kier alpha value is -2.54. The van der Waals surface area contributed by atoms with Crippen LogP contribution in [0.4, 0.5) is 11.4 Å². The summed E-state index contributed by atoms with van der Waals surface area (Å²) in [5, 5.41) is 2.99. The summed E-state index contributed by atoms with van der Waals surface area (Å²) in [6.07, 6.45) is 3.55. The second-order valence-corrected chi connectivity index (χ2v) is 9.66. The highest BCUT2D eigenvalue weighted by Crippen LogP contribution is 2.24. The zero-order valence-electron chi connectivity index (χ0n) is 17.2. The number of nitrogens with one attached hydrogen (secondary N) is 2. The normalized spacial score (nSPS) is 16.3. The van der Waals surface area contributed by atoms with Crippen molar-refractivity contribution >= 4 is 27.3 Å². The molecule has 2 aromatic carbocycles. The molecule has 1 aliphatic heterocycles. The molecule has 1 fully saturated rings. The lowest BCUT2D eigenvalue weighted by molar-refractivity contribution is 0.0940. The third kappa shape index (κ3) is 5.97. The standard InChI is InChI=1S/C22H29N3O3S/c1-16-12-14-25(15-13-16)21-10-6-18(7-11-21)17(2)23-22(26)19-4-8-20(9-5-19)24-29(3,27)28/h4-11,16-17,24H,12-15H2,1-3H3,(H,23,26)/t17-/m0/s1. The minimum Gasteiger partial charge on any atom is -0.372 e. The molecule has 2 aromatic rings. The lowest BCUT2D eigenvalue weighted by Gasteiger charge is -2.32. The summed E-state index contributed by atoms with van der Waals surface area (Å²) in [4.78, 5) is 14.9. The third-order valence-corrected chi connectivity index (χ3v) is 5.95. The number of anilines is 2. The van der Waals surface area contributed by atoms with Crippen molar-refractivity contribution in [3.05, 3.63) is 59.7 Å². The second-order valence-electron chi connectivity index (χ2n) is 7.91. The molecule has 1 atom stereocenters. The van der Waals surface area contributed by atoms with Gasteiger partial charge in [0.05, 0.1) is 12.3 Å². The molecule has 1 amide bonds. The van der Waals surface area contributed by atoms with Crippen LogP contribution in [-0.2, 0) is 10.0 Å². The van der Waals surface area contributed by atoms with Crippen LogP contribution >= 0.6 is 0 Å². The Morgan fingerprint density at radius 3 is 2.17 bits per heavy atom. The molecule has 1 aliphatic rings. The van der Waals surface area contributed by atoms with Crippen LogP contribution in [0.15, 0.2) is 48.5 Å². The van der Waals surface area contributed by atoms with Gasteiger partial charge in [0.1, 0.15) is 0 Å². The fourth-order valence-electron chi connectivity index (χ4n) is 3.51. The first kappa shape index (κ1) is 21.2. The largest absolute Gasteiger partial charge is 0.372 e. The molecule has 6 nitrogen and oxygen atoms in total. The molecule has 29 heavy (non-hydrogen) atoms. The maximum atomic E-state index is 12.5. The van der Waals surface area contributed by atoms with Gasteiger partial charge in [0.25, 0.3) is 5.91 Å². The predicted molar refractivity (Wildman–Crippen MR) is 118 cm³/mol. The van der Waals surface area contributed by atoms with E-state index in [1.165, 1.54) is 18.5 Å². The van der Waals surface area contributed by atoms with Crippen molar-refractivity contribution < 1.29 is 13.2 Å². The molecule has 0 unspecified atom stereocenters. The van der Waals surface area contributed by atoms with Crippen molar-refractivity contribution in [3.63, 3.8) is 0 Å². The van der Waals surface area contributed by atoms with Crippen molar-refractivity contribution in [3.8, 4) is 0 Å². The van der Waals surface area contributed by atoms with E-state index in [-0.39, 0.29) is 11.9 Å². The topological polar surface area (TPSA) is 78.5 Å². The summed E-state index contributed by atoms with van der Waals surface area (Å²) in [5.74, 6) is 0.606. The first-order valence-corrected chi connectivity index (χ1v) is 11.8. The first-order chi connectivity index (χ1) is 13.7. The number of benzene rings is 2. The van der Waals surface area contributed by atoms with Crippen LogP contribution < -0.4 is 14.9 Å². The summed E-state index contributed by atoms with van der Waals surface area (Å²) in [6, 6.07) is 14.6. The highest BCUT2D eigenvalue weighted by Gasteiger charge is 2.17. The van der Waals surface area contributed by atoms with Gasteiger partial charge in [0.2, 0.25) is 10.0 Å². The Balaban J connectivity index is 1.59. The third-order valence-electron chi connectivity index (χ3n) is 5.34. The molecule has 3 rings (SSSR count). The first-order valence-electron chi connectivity index (χ1n) is 9.95. The molecule has 2 N–H and O–H groups in total. The average molecular weight is 416 g/mol. The number of carbonyl (C=O) groups is 1. The molecule has 7 heteroatoms. The van der Waals surface area contributed by atoms with E-state index in [2.05, 4.69) is 46.1 Å². The smallest absolute Gasteiger partial charge is 0.251 e. The fraction of sp³-hybridized carbons (Fsp3) is 0.409. The number of hydrogen-bond donors (Lipinski definition) is 2. The van der Waals surface area contributed by atoms with E-state index < -0.39 is 10.0 Å². The molecule has 0 aromatic heterocycles. The quantitative estimate of drug-likeness (QED) is 0.752. The van der Waals surface area contributed by atoms with E-state index in [1.807, 2.05) is 6.92 Å². The van der Waals surface area contributed by atoms with Gasteiger partial charge in [0.15, 0.2) is 0 Å². The highest BCUT2D eigenvalue weighted by molar-refractivity contribution is 7.92. The van der Waals surface area contributed by atoms with Gasteiger partial charge in [-0.3, -0.25) is 9.52 Å². The van der Waals surface area contributed by atoms with Gasteiger partial charge in [-0.15, -0.1) is 0 Å². The number of hydrogen-bond acceptors (Lipinski definition) is 4. The maximum absolute atomic E-state index is 12.5. The van der Waals surface area contributed by atoms with Crippen LogP contribution in [0.3, 0.4) is 0 Å². The van der Waals surface area contributed by atoms with Gasteiger partial charge in [-0.25, -0.2) is 8.42 Å². The van der Waals surface area contributed by atoms with Gasteiger partial charge < -0.3 is 10.2 Å². The van der Waals surface area contributed by atoms with Crippen LogP contribution in [0.5, 0.6) is 0 Å². The Bertz CT molecular complexity index is 932. The van der Waals surface area contributed by atoms with E-state index in [4.69, 9.17) is 0 Å². The maximum Gasteiger partial charge on any atom is 0.251 e. The van der Waals surface area contributed by atoms with Crippen LogP contribution in [0.1, 0.15) is 48.7 Å². The number of amides is 1. The monoisotopic (exact) mass is 415 g/mol. The van der Waals surface area contributed by atoms with Crippen LogP contribution in [0, 0.1) is 5.92 Å². The number of piperidine rings is 1. The molecule has 0 aliphatic carbocycles. The minimum absolute atomic E-state index is 0.133. The van der Waals surface area contributed by atoms with Crippen LogP contribution in [0.2, 0.25) is 0 Å². The number of sulfonamides is 1. The number of carbonyl (C=O) groups excluding carboxylic acids is 1. The summed E-state index contributed by atoms with van der Waals surface area (Å²) < 4.78 is 24.9. The van der Waals surface area contributed by atoms with Crippen molar-refractivity contribution in [1.29, 1.82) is 0 Å². The zero-order valence-corrected chi connectivity index (χ0v) is 18.0. The fourth-order valence-corrected chi connectivity index (χ4v) is 4.07. The Morgan fingerprint density at radius 2 is 1.62 bits per heavy atom.